The minimum atomic E-state index is 0.215. The molecule has 2 aromatic rings. The first-order chi connectivity index (χ1) is 15.0. The van der Waals surface area contributed by atoms with Crippen molar-refractivity contribution in [2.24, 2.45) is 0 Å². The van der Waals surface area contributed by atoms with Crippen LogP contribution in [0, 0.1) is 13.8 Å². The third-order valence-corrected chi connectivity index (χ3v) is 6.88. The van der Waals surface area contributed by atoms with E-state index in [0.29, 0.717) is 12.3 Å². The van der Waals surface area contributed by atoms with Crippen molar-refractivity contribution in [3.63, 3.8) is 0 Å². The molecule has 166 valence electrons. The molecule has 0 radical (unpaired) electrons. The number of carbonyl (C=O) groups is 1. The molecule has 0 N–H and O–H groups in total. The van der Waals surface area contributed by atoms with E-state index >= 15 is 0 Å². The summed E-state index contributed by atoms with van der Waals surface area (Å²) in [5.41, 5.74) is 4.17. The van der Waals surface area contributed by atoms with E-state index in [1.807, 2.05) is 36.9 Å². The summed E-state index contributed by atoms with van der Waals surface area (Å²) >= 11 is 6.16. The van der Waals surface area contributed by atoms with Crippen LogP contribution in [0.2, 0.25) is 5.02 Å². The normalized spacial score (nSPS) is 20.1. The third kappa shape index (κ3) is 5.64. The summed E-state index contributed by atoms with van der Waals surface area (Å²) in [6.07, 6.45) is 6.14. The van der Waals surface area contributed by atoms with Crippen LogP contribution in [0.25, 0.3) is 0 Å². The van der Waals surface area contributed by atoms with Crippen LogP contribution in [-0.2, 0) is 17.8 Å². The average molecular weight is 441 g/mol. The minimum Gasteiger partial charge on any atom is -0.342 e. The molecule has 2 aliphatic heterocycles. The van der Waals surface area contributed by atoms with Crippen LogP contribution in [0.3, 0.4) is 0 Å². The first kappa shape index (κ1) is 22.2. The number of halogens is 1. The Morgan fingerprint density at radius 2 is 1.81 bits per heavy atom. The fourth-order valence-electron chi connectivity index (χ4n) is 4.91. The number of hydrogen-bond donors (Lipinski definition) is 0. The second kappa shape index (κ2) is 10.1. The van der Waals surface area contributed by atoms with Crippen molar-refractivity contribution in [2.45, 2.75) is 64.8 Å². The fourth-order valence-corrected chi connectivity index (χ4v) is 5.13. The van der Waals surface area contributed by atoms with Crippen LogP contribution in [0.5, 0.6) is 0 Å². The van der Waals surface area contributed by atoms with Gasteiger partial charge in [-0.25, -0.2) is 9.97 Å². The summed E-state index contributed by atoms with van der Waals surface area (Å²) in [5, 5.41) is 0.787. The standard InChI is InChI=1S/C25H33ClN4O/c1-18-23(15-24(31)30-12-4-3-5-13-30)19(2)28-25(27-18)21-9-7-11-29(17-21)16-20-8-6-10-22(26)14-20/h6,8,10,14,21H,3-5,7,9,11-13,15-17H2,1-2H3/t21-/m0/s1. The number of aromatic nitrogens is 2. The molecule has 1 amide bonds. The molecule has 2 saturated heterocycles. The molecule has 1 aromatic carbocycles. The zero-order valence-corrected chi connectivity index (χ0v) is 19.5. The summed E-state index contributed by atoms with van der Waals surface area (Å²) in [7, 11) is 0. The molecule has 0 spiro atoms. The largest absolute Gasteiger partial charge is 0.342 e. The van der Waals surface area contributed by atoms with E-state index in [9.17, 15) is 4.79 Å². The lowest BCUT2D eigenvalue weighted by molar-refractivity contribution is -0.131. The molecular formula is C25H33ClN4O. The molecule has 1 aromatic heterocycles. The first-order valence-corrected chi connectivity index (χ1v) is 12.0. The third-order valence-electron chi connectivity index (χ3n) is 6.64. The second-order valence-electron chi connectivity index (χ2n) is 9.05. The number of rotatable bonds is 5. The zero-order chi connectivity index (χ0) is 21.8. The van der Waals surface area contributed by atoms with Crippen LogP contribution in [0.4, 0.5) is 0 Å². The smallest absolute Gasteiger partial charge is 0.227 e. The molecule has 0 unspecified atom stereocenters. The van der Waals surface area contributed by atoms with Gasteiger partial charge in [0, 0.05) is 54.1 Å². The lowest BCUT2D eigenvalue weighted by Crippen LogP contribution is -2.37. The van der Waals surface area contributed by atoms with E-state index in [1.165, 1.54) is 12.0 Å². The molecule has 31 heavy (non-hydrogen) atoms. The molecule has 4 rings (SSSR count). The van der Waals surface area contributed by atoms with Crippen molar-refractivity contribution in [3.8, 4) is 0 Å². The number of hydrogen-bond acceptors (Lipinski definition) is 4. The summed E-state index contributed by atoms with van der Waals surface area (Å²) in [4.78, 5) is 27.0. The minimum absolute atomic E-state index is 0.215. The molecule has 3 heterocycles. The maximum Gasteiger partial charge on any atom is 0.227 e. The Bertz CT molecular complexity index is 902. The van der Waals surface area contributed by atoms with E-state index in [2.05, 4.69) is 11.0 Å². The predicted molar refractivity (Wildman–Crippen MR) is 124 cm³/mol. The number of benzene rings is 1. The van der Waals surface area contributed by atoms with E-state index < -0.39 is 0 Å². The van der Waals surface area contributed by atoms with Crippen LogP contribution >= 0.6 is 11.6 Å². The molecule has 0 bridgehead atoms. The molecule has 2 fully saturated rings. The van der Waals surface area contributed by atoms with Crippen molar-refractivity contribution in [3.05, 3.63) is 57.6 Å². The van der Waals surface area contributed by atoms with Crippen molar-refractivity contribution >= 4 is 17.5 Å². The SMILES string of the molecule is Cc1nc([C@H]2CCCN(Cc3cccc(Cl)c3)C2)nc(C)c1CC(=O)N1CCCCC1. The molecule has 2 aliphatic rings. The van der Waals surface area contributed by atoms with Gasteiger partial charge < -0.3 is 4.90 Å². The number of nitrogens with zero attached hydrogens (tertiary/aromatic N) is 4. The van der Waals surface area contributed by atoms with Crippen molar-refractivity contribution in [1.29, 1.82) is 0 Å². The summed E-state index contributed by atoms with van der Waals surface area (Å²) in [6.45, 7) is 8.78. The summed E-state index contributed by atoms with van der Waals surface area (Å²) in [5.74, 6) is 1.48. The number of likely N-dealkylation sites (tertiary alicyclic amines) is 2. The van der Waals surface area contributed by atoms with Gasteiger partial charge in [0.05, 0.1) is 6.42 Å². The van der Waals surface area contributed by atoms with E-state index in [0.717, 1.165) is 86.2 Å². The molecular weight excluding hydrogens is 408 g/mol. The fraction of sp³-hybridized carbons (Fsp3) is 0.560. The van der Waals surface area contributed by atoms with Crippen LogP contribution in [0.15, 0.2) is 24.3 Å². The van der Waals surface area contributed by atoms with Gasteiger partial charge in [0.1, 0.15) is 5.82 Å². The number of aryl methyl sites for hydroxylation is 2. The van der Waals surface area contributed by atoms with Gasteiger partial charge in [-0.05, 0) is 70.2 Å². The maximum atomic E-state index is 12.8. The number of piperidine rings is 2. The highest BCUT2D eigenvalue weighted by Gasteiger charge is 2.26. The quantitative estimate of drug-likeness (QED) is 0.677. The Kier molecular flexibility index (Phi) is 7.24. The van der Waals surface area contributed by atoms with Crippen LogP contribution < -0.4 is 0 Å². The highest BCUT2D eigenvalue weighted by Crippen LogP contribution is 2.27. The second-order valence-corrected chi connectivity index (χ2v) is 9.49. The van der Waals surface area contributed by atoms with Gasteiger partial charge in [0.15, 0.2) is 0 Å². The van der Waals surface area contributed by atoms with E-state index in [4.69, 9.17) is 21.6 Å². The van der Waals surface area contributed by atoms with Crippen molar-refractivity contribution < 1.29 is 4.79 Å². The van der Waals surface area contributed by atoms with Gasteiger partial charge in [-0.1, -0.05) is 23.7 Å². The molecule has 5 nitrogen and oxygen atoms in total. The lowest BCUT2D eigenvalue weighted by Gasteiger charge is -2.32. The molecule has 0 aliphatic carbocycles. The molecule has 6 heteroatoms. The Balaban J connectivity index is 1.43. The van der Waals surface area contributed by atoms with Crippen LogP contribution in [-0.4, -0.2) is 51.9 Å². The summed E-state index contributed by atoms with van der Waals surface area (Å²) in [6, 6.07) is 8.11. The first-order valence-electron chi connectivity index (χ1n) is 11.6. The number of amides is 1. The van der Waals surface area contributed by atoms with Gasteiger partial charge in [0.2, 0.25) is 5.91 Å². The van der Waals surface area contributed by atoms with Crippen molar-refractivity contribution in [2.75, 3.05) is 26.2 Å². The van der Waals surface area contributed by atoms with Gasteiger partial charge in [-0.15, -0.1) is 0 Å². The van der Waals surface area contributed by atoms with Crippen LogP contribution in [0.1, 0.15) is 66.4 Å². The average Bonchev–Trinajstić information content (AvgIpc) is 2.77. The summed E-state index contributed by atoms with van der Waals surface area (Å²) < 4.78 is 0. The van der Waals surface area contributed by atoms with Crippen molar-refractivity contribution in [1.82, 2.24) is 19.8 Å². The zero-order valence-electron chi connectivity index (χ0n) is 18.7. The van der Waals surface area contributed by atoms with E-state index in [-0.39, 0.29) is 5.91 Å². The van der Waals surface area contributed by atoms with Gasteiger partial charge in [-0.2, -0.15) is 0 Å². The Hall–Kier alpha value is -1.98. The van der Waals surface area contributed by atoms with Gasteiger partial charge in [-0.3, -0.25) is 9.69 Å². The van der Waals surface area contributed by atoms with Gasteiger partial charge >= 0.3 is 0 Å². The predicted octanol–water partition coefficient (Wildman–Crippen LogP) is 4.68. The molecule has 1 atom stereocenters. The van der Waals surface area contributed by atoms with Gasteiger partial charge in [0.25, 0.3) is 0 Å². The Morgan fingerprint density at radius 3 is 2.52 bits per heavy atom. The molecule has 0 saturated carbocycles. The van der Waals surface area contributed by atoms with E-state index in [1.54, 1.807) is 0 Å². The maximum absolute atomic E-state index is 12.8. The Labute approximate surface area is 190 Å². The Morgan fingerprint density at radius 1 is 1.06 bits per heavy atom. The monoisotopic (exact) mass is 440 g/mol. The lowest BCUT2D eigenvalue weighted by atomic mass is 9.96. The topological polar surface area (TPSA) is 49.3 Å². The highest BCUT2D eigenvalue weighted by molar-refractivity contribution is 6.30. The highest BCUT2D eigenvalue weighted by atomic mass is 35.5. The number of carbonyl (C=O) groups excluding carboxylic acids is 1.